The molecule has 0 bridgehead atoms. The van der Waals surface area contributed by atoms with Crippen molar-refractivity contribution in [2.45, 2.75) is 45.5 Å². The van der Waals surface area contributed by atoms with E-state index in [0.29, 0.717) is 30.7 Å². The van der Waals surface area contributed by atoms with Gasteiger partial charge in [0.1, 0.15) is 11.9 Å². The molecule has 1 N–H and O–H groups in total. The normalized spacial score (nSPS) is 12.3. The van der Waals surface area contributed by atoms with Crippen LogP contribution < -0.4 is 5.32 Å². The average molecular weight is 584 g/mol. The van der Waals surface area contributed by atoms with Gasteiger partial charge in [-0.3, -0.25) is 9.59 Å². The topological polar surface area (TPSA) is 96.0 Å². The smallest absolute Gasteiger partial charge is 0.247 e. The van der Waals surface area contributed by atoms with Crippen LogP contribution in [0, 0.1) is 5.82 Å². The summed E-state index contributed by atoms with van der Waals surface area (Å²) in [5.41, 5.74) is 1.87. The van der Waals surface area contributed by atoms with E-state index in [1.54, 1.807) is 54.6 Å². The second kappa shape index (κ2) is 15.4. The highest BCUT2D eigenvalue weighted by Gasteiger charge is 2.33. The van der Waals surface area contributed by atoms with Crippen LogP contribution in [0.25, 0.3) is 0 Å². The van der Waals surface area contributed by atoms with Crippen molar-refractivity contribution in [1.82, 2.24) is 14.5 Å². The molecule has 0 saturated heterocycles. The number of hydrogen-bond donors (Lipinski definition) is 1. The Balaban J connectivity index is 1.94. The van der Waals surface area contributed by atoms with E-state index in [1.807, 2.05) is 19.9 Å². The van der Waals surface area contributed by atoms with E-state index < -0.39 is 40.2 Å². The number of amides is 2. The van der Waals surface area contributed by atoms with Crippen LogP contribution in [-0.2, 0) is 37.4 Å². The maximum absolute atomic E-state index is 14.0. The van der Waals surface area contributed by atoms with Crippen LogP contribution in [0.1, 0.15) is 43.0 Å². The molecular formula is C31H38FN3O5S. The maximum Gasteiger partial charge on any atom is 0.247 e. The lowest BCUT2D eigenvalue weighted by Gasteiger charge is -2.33. The largest absolute Gasteiger partial charge is 0.379 e. The fourth-order valence-electron chi connectivity index (χ4n) is 4.24. The van der Waals surface area contributed by atoms with Crippen LogP contribution in [0.15, 0.2) is 84.9 Å². The van der Waals surface area contributed by atoms with E-state index in [0.717, 1.165) is 16.1 Å². The zero-order valence-corrected chi connectivity index (χ0v) is 24.5. The molecule has 0 aliphatic carbocycles. The van der Waals surface area contributed by atoms with Gasteiger partial charge >= 0.3 is 0 Å². The molecule has 0 heterocycles. The van der Waals surface area contributed by atoms with Gasteiger partial charge in [0.2, 0.25) is 21.8 Å². The average Bonchev–Trinajstić information content (AvgIpc) is 2.93. The first kappa shape index (κ1) is 31.9. The molecule has 8 nitrogen and oxygen atoms in total. The predicted molar refractivity (Wildman–Crippen MR) is 157 cm³/mol. The SMILES string of the molecule is CC(C)OCCCNC(=O)C(c1ccccc1)N(Cc1ccc(F)cc1)C(=O)CN(Cc1ccccc1)S(C)(=O)=O. The molecule has 0 spiro atoms. The minimum absolute atomic E-state index is 0.00610. The first-order valence-corrected chi connectivity index (χ1v) is 15.4. The van der Waals surface area contributed by atoms with Gasteiger partial charge in [0.05, 0.1) is 18.9 Å². The molecule has 0 aliphatic rings. The highest BCUT2D eigenvalue weighted by Crippen LogP contribution is 2.25. The van der Waals surface area contributed by atoms with Crippen LogP contribution >= 0.6 is 0 Å². The highest BCUT2D eigenvalue weighted by molar-refractivity contribution is 7.88. The Morgan fingerprint density at radius 3 is 2.05 bits per heavy atom. The summed E-state index contributed by atoms with van der Waals surface area (Å²) in [6.07, 6.45) is 1.70. The molecule has 0 fully saturated rings. The van der Waals surface area contributed by atoms with E-state index in [-0.39, 0.29) is 19.2 Å². The Bertz CT molecular complexity index is 1350. The van der Waals surface area contributed by atoms with Gasteiger partial charge in [0.25, 0.3) is 0 Å². The summed E-state index contributed by atoms with van der Waals surface area (Å²) in [6, 6.07) is 22.4. The Kier molecular flexibility index (Phi) is 12.0. The first-order chi connectivity index (χ1) is 19.5. The number of hydrogen-bond acceptors (Lipinski definition) is 5. The van der Waals surface area contributed by atoms with Gasteiger partial charge in [0.15, 0.2) is 0 Å². The minimum Gasteiger partial charge on any atom is -0.379 e. The van der Waals surface area contributed by atoms with Gasteiger partial charge in [-0.15, -0.1) is 0 Å². The first-order valence-electron chi connectivity index (χ1n) is 13.5. The predicted octanol–water partition coefficient (Wildman–Crippen LogP) is 4.29. The van der Waals surface area contributed by atoms with E-state index in [4.69, 9.17) is 4.74 Å². The number of ether oxygens (including phenoxy) is 1. The highest BCUT2D eigenvalue weighted by atomic mass is 32.2. The number of rotatable bonds is 15. The van der Waals surface area contributed by atoms with E-state index >= 15 is 0 Å². The molecule has 0 aromatic heterocycles. The molecule has 1 unspecified atom stereocenters. The molecule has 3 aromatic carbocycles. The molecule has 2 amide bonds. The fourth-order valence-corrected chi connectivity index (χ4v) is 4.97. The van der Waals surface area contributed by atoms with Crippen LogP contribution in [0.5, 0.6) is 0 Å². The lowest BCUT2D eigenvalue weighted by atomic mass is 10.0. The molecule has 3 aromatic rings. The molecule has 0 aliphatic heterocycles. The molecule has 10 heteroatoms. The molecule has 3 rings (SSSR count). The molecule has 0 radical (unpaired) electrons. The molecule has 220 valence electrons. The van der Waals surface area contributed by atoms with Crippen molar-refractivity contribution >= 4 is 21.8 Å². The number of carbonyl (C=O) groups excluding carboxylic acids is 2. The summed E-state index contributed by atoms with van der Waals surface area (Å²) < 4.78 is 45.8. The van der Waals surface area contributed by atoms with E-state index in [2.05, 4.69) is 5.32 Å². The number of nitrogens with zero attached hydrogens (tertiary/aromatic N) is 2. The van der Waals surface area contributed by atoms with Crippen molar-refractivity contribution in [2.24, 2.45) is 0 Å². The summed E-state index contributed by atoms with van der Waals surface area (Å²) in [6.45, 7) is 4.14. The summed E-state index contributed by atoms with van der Waals surface area (Å²) in [4.78, 5) is 29.0. The van der Waals surface area contributed by atoms with Crippen molar-refractivity contribution in [3.8, 4) is 0 Å². The minimum atomic E-state index is -3.79. The van der Waals surface area contributed by atoms with Crippen molar-refractivity contribution in [3.05, 3.63) is 107 Å². The standard InChI is InChI=1S/C31H38FN3O5S/c1-24(2)40-20-10-19-33-31(37)30(27-13-8-5-9-14-27)35(22-26-15-17-28(32)18-16-26)29(36)23-34(41(3,38)39)21-25-11-6-4-7-12-25/h4-9,11-18,24,30H,10,19-23H2,1-3H3,(H,33,37). The zero-order valence-electron chi connectivity index (χ0n) is 23.7. The van der Waals surface area contributed by atoms with Gasteiger partial charge < -0.3 is 15.0 Å². The number of benzene rings is 3. The summed E-state index contributed by atoms with van der Waals surface area (Å²) >= 11 is 0. The summed E-state index contributed by atoms with van der Waals surface area (Å²) in [5.74, 6) is -1.41. The Morgan fingerprint density at radius 1 is 0.878 bits per heavy atom. The van der Waals surface area contributed by atoms with Crippen molar-refractivity contribution < 1.29 is 27.1 Å². The third-order valence-electron chi connectivity index (χ3n) is 6.32. The van der Waals surface area contributed by atoms with Gasteiger partial charge in [-0.2, -0.15) is 4.31 Å². The van der Waals surface area contributed by atoms with Crippen LogP contribution in [0.2, 0.25) is 0 Å². The molecular weight excluding hydrogens is 545 g/mol. The monoisotopic (exact) mass is 583 g/mol. The quantitative estimate of drug-likeness (QED) is 0.270. The van der Waals surface area contributed by atoms with Crippen molar-refractivity contribution in [3.63, 3.8) is 0 Å². The number of halogens is 1. The zero-order chi connectivity index (χ0) is 29.8. The summed E-state index contributed by atoms with van der Waals surface area (Å²) in [5, 5.41) is 2.90. The third-order valence-corrected chi connectivity index (χ3v) is 7.51. The third kappa shape index (κ3) is 10.4. The Morgan fingerprint density at radius 2 is 1.46 bits per heavy atom. The Labute approximate surface area is 242 Å². The lowest BCUT2D eigenvalue weighted by Crippen LogP contribution is -2.48. The van der Waals surface area contributed by atoms with Gasteiger partial charge in [0, 0.05) is 26.2 Å². The number of nitrogens with one attached hydrogen (secondary N) is 1. The molecule has 41 heavy (non-hydrogen) atoms. The van der Waals surface area contributed by atoms with E-state index in [1.165, 1.54) is 29.2 Å². The second-order valence-electron chi connectivity index (χ2n) is 10.0. The van der Waals surface area contributed by atoms with Crippen LogP contribution in [-0.4, -0.2) is 61.5 Å². The summed E-state index contributed by atoms with van der Waals surface area (Å²) in [7, 11) is -3.79. The molecule has 1 atom stereocenters. The number of carbonyl (C=O) groups is 2. The lowest BCUT2D eigenvalue weighted by molar-refractivity contribution is -0.141. The van der Waals surface area contributed by atoms with Gasteiger partial charge in [-0.1, -0.05) is 72.8 Å². The van der Waals surface area contributed by atoms with Crippen molar-refractivity contribution in [2.75, 3.05) is 26.0 Å². The molecule has 0 saturated carbocycles. The Hall–Kier alpha value is -3.60. The van der Waals surface area contributed by atoms with E-state index in [9.17, 15) is 22.4 Å². The fraction of sp³-hybridized carbons (Fsp3) is 0.355. The van der Waals surface area contributed by atoms with Gasteiger partial charge in [-0.25, -0.2) is 12.8 Å². The van der Waals surface area contributed by atoms with Crippen LogP contribution in [0.3, 0.4) is 0 Å². The van der Waals surface area contributed by atoms with Crippen LogP contribution in [0.4, 0.5) is 4.39 Å². The maximum atomic E-state index is 14.0. The second-order valence-corrected chi connectivity index (χ2v) is 12.0. The van der Waals surface area contributed by atoms with Crippen molar-refractivity contribution in [1.29, 1.82) is 0 Å². The number of sulfonamides is 1. The van der Waals surface area contributed by atoms with Gasteiger partial charge in [-0.05, 0) is 49.1 Å².